The number of carboxylic acid groups (broad SMARTS) is 1. The topological polar surface area (TPSA) is 369 Å². The fraction of sp³-hybridized carbons (Fsp3) is 0.383. The van der Waals surface area contributed by atoms with Crippen LogP contribution >= 0.6 is 0 Å². The van der Waals surface area contributed by atoms with Crippen molar-refractivity contribution in [1.82, 2.24) is 46.7 Å². The maximum atomic E-state index is 13.8. The highest BCUT2D eigenvalue weighted by molar-refractivity contribution is 6.13. The zero-order valence-electron chi connectivity index (χ0n) is 49.8. The number of carbonyl (C=O) groups excluding carboxylic acids is 9. The molecule has 468 valence electrons. The molecule has 28 nitrogen and oxygen atoms in total. The number of ether oxygens (including phenoxy) is 3. The van der Waals surface area contributed by atoms with Gasteiger partial charge in [0.2, 0.25) is 40.8 Å². The summed E-state index contributed by atoms with van der Waals surface area (Å²) in [4.78, 5) is 142. The first-order valence-corrected chi connectivity index (χ1v) is 28.0. The second-order valence-electron chi connectivity index (χ2n) is 20.7. The van der Waals surface area contributed by atoms with E-state index in [1.807, 2.05) is 74.1 Å². The van der Waals surface area contributed by atoms with Crippen LogP contribution in [-0.2, 0) is 43.1 Å². The molecule has 9 amide bonds. The number of hydrogen-bond acceptors (Lipinski definition) is 17. The Labute approximate surface area is 505 Å². The van der Waals surface area contributed by atoms with E-state index in [1.165, 1.54) is 39.3 Å². The smallest absolute Gasteiger partial charge is 0.336 e. The number of hydrogen-bond donors (Lipinski definition) is 8. The standard InChI is InChI=1S/C60H71N11O17/c1-35(42-29-48(86-7)49(30-45(42)71(83)84)87-25-11-14-51(73)65-34-85-6)66-53(75)33-64-59(80)44(67-54(76)32-63-52(74)31-62-50(72)13-10-24-70-55(77)21-22-56(70)78)12-8-9-23-61-58(79)36-15-18-39(43(26-36)60(81)82)57-40-19-16-37(68(2)3)27-46(40)88-47-28-38(69(4)5)17-20-41(47)57/h15-22,26-30,35,44H,8-14,23-25,31-34H2,1-7H3,(H7-,61,62,63,64,65,66,67,72,73,74,75,76,79,80,81,82)/p+1. The summed E-state index contributed by atoms with van der Waals surface area (Å²) in [7, 11) is 10.3. The molecule has 2 heterocycles. The number of fused-ring (bicyclic) bond motifs is 2. The fourth-order valence-corrected chi connectivity index (χ4v) is 9.30. The van der Waals surface area contributed by atoms with Crippen molar-refractivity contribution in [1.29, 1.82) is 0 Å². The Morgan fingerprint density at radius 3 is 2.08 bits per heavy atom. The van der Waals surface area contributed by atoms with Crippen molar-refractivity contribution in [3.8, 4) is 33.9 Å². The molecule has 3 aromatic rings. The van der Waals surface area contributed by atoms with E-state index in [-0.39, 0.29) is 105 Å². The van der Waals surface area contributed by atoms with Gasteiger partial charge in [0.05, 0.1) is 67.6 Å². The number of benzene rings is 4. The number of unbranched alkanes of at least 4 members (excludes halogenated alkanes) is 1. The first kappa shape index (κ1) is 66.9. The molecule has 88 heavy (non-hydrogen) atoms. The van der Waals surface area contributed by atoms with E-state index in [0.29, 0.717) is 33.4 Å². The van der Waals surface area contributed by atoms with Gasteiger partial charge in [-0.05, 0) is 81.0 Å². The molecule has 2 aliphatic heterocycles. The molecule has 2 atom stereocenters. The molecule has 0 fully saturated rings. The van der Waals surface area contributed by atoms with Crippen molar-refractivity contribution >= 4 is 81.5 Å². The lowest BCUT2D eigenvalue weighted by molar-refractivity contribution is -0.385. The second-order valence-corrected chi connectivity index (χ2v) is 20.7. The average molecular weight is 1220 g/mol. The van der Waals surface area contributed by atoms with E-state index in [9.17, 15) is 63.2 Å². The largest absolute Gasteiger partial charge is 0.493 e. The number of carboxylic acids is 1. The van der Waals surface area contributed by atoms with Crippen LogP contribution in [0.25, 0.3) is 33.4 Å². The summed E-state index contributed by atoms with van der Waals surface area (Å²) in [6, 6.07) is 15.8. The van der Waals surface area contributed by atoms with E-state index in [0.717, 1.165) is 34.2 Å². The van der Waals surface area contributed by atoms with Crippen LogP contribution in [0.1, 0.15) is 84.2 Å². The zero-order valence-corrected chi connectivity index (χ0v) is 49.8. The van der Waals surface area contributed by atoms with Gasteiger partial charge >= 0.3 is 5.97 Å². The van der Waals surface area contributed by atoms with Crippen LogP contribution < -0.4 is 61.5 Å². The van der Waals surface area contributed by atoms with Crippen molar-refractivity contribution in [2.75, 3.05) is 93.4 Å². The number of amides is 9. The Bertz CT molecular complexity index is 3540. The molecule has 8 N–H and O–H groups in total. The van der Waals surface area contributed by atoms with Crippen molar-refractivity contribution in [2.24, 2.45) is 0 Å². The lowest BCUT2D eigenvalue weighted by atomic mass is 9.89. The number of nitrogens with one attached hydrogen (secondary N) is 7. The Morgan fingerprint density at radius 1 is 0.727 bits per heavy atom. The predicted molar refractivity (Wildman–Crippen MR) is 320 cm³/mol. The summed E-state index contributed by atoms with van der Waals surface area (Å²) >= 11 is 0. The Hall–Kier alpha value is -10.3. The van der Waals surface area contributed by atoms with Gasteiger partial charge in [-0.3, -0.25) is 58.2 Å². The zero-order chi connectivity index (χ0) is 64.2. The number of carbonyl (C=O) groups is 10. The van der Waals surface area contributed by atoms with Crippen LogP contribution in [0.2, 0.25) is 0 Å². The molecular formula is C60H72N11O17+. The molecule has 3 aliphatic rings. The first-order valence-electron chi connectivity index (χ1n) is 28.0. The average Bonchev–Trinajstić information content (AvgIpc) is 1.07. The predicted octanol–water partition coefficient (Wildman–Crippen LogP) is 2.11. The van der Waals surface area contributed by atoms with E-state index in [2.05, 4.69) is 37.2 Å². The molecule has 6 rings (SSSR count). The third kappa shape index (κ3) is 18.4. The van der Waals surface area contributed by atoms with Crippen molar-refractivity contribution in [3.63, 3.8) is 0 Å². The molecule has 3 aromatic carbocycles. The molecule has 0 aromatic heterocycles. The van der Waals surface area contributed by atoms with Crippen LogP contribution in [0.5, 0.6) is 11.5 Å². The van der Waals surface area contributed by atoms with Crippen molar-refractivity contribution < 1.29 is 76.6 Å². The normalized spacial score (nSPS) is 12.4. The van der Waals surface area contributed by atoms with Gasteiger partial charge in [0.15, 0.2) is 11.5 Å². The summed E-state index contributed by atoms with van der Waals surface area (Å²) in [6.07, 6.45) is 2.98. The Morgan fingerprint density at radius 2 is 1.40 bits per heavy atom. The third-order valence-electron chi connectivity index (χ3n) is 13.9. The fourth-order valence-electron chi connectivity index (χ4n) is 9.30. The van der Waals surface area contributed by atoms with Crippen LogP contribution in [-0.4, -0.2) is 169 Å². The summed E-state index contributed by atoms with van der Waals surface area (Å²) in [5.41, 5.74) is 2.49. The van der Waals surface area contributed by atoms with Gasteiger partial charge in [-0.15, -0.1) is 0 Å². The van der Waals surface area contributed by atoms with Gasteiger partial charge in [0, 0.05) is 99.2 Å². The number of anilines is 1. The lowest BCUT2D eigenvalue weighted by Crippen LogP contribution is -2.51. The Kier molecular flexibility index (Phi) is 24.1. The van der Waals surface area contributed by atoms with E-state index >= 15 is 0 Å². The SMILES string of the molecule is COCNC(=O)CCCOc1cc([N+](=O)[O-])c(C(C)NC(=O)CNC(=O)C(CCCCNC(=O)c2ccc(-c3c4ccc(=[N+](C)C)cc-4oc4cc(N(C)C)ccc34)c(C(=O)O)c2)NC(=O)CNC(=O)CNC(=O)CCCN2C(=O)C=CC2=O)cc1OC. The Balaban J connectivity index is 1.09. The van der Waals surface area contributed by atoms with Gasteiger partial charge in [-0.2, -0.15) is 0 Å². The van der Waals surface area contributed by atoms with E-state index in [1.54, 1.807) is 6.07 Å². The number of nitro groups is 1. The van der Waals surface area contributed by atoms with Crippen LogP contribution in [0, 0.1) is 10.1 Å². The second kappa shape index (κ2) is 31.8. The molecule has 2 unspecified atom stereocenters. The monoisotopic (exact) mass is 1220 g/mol. The first-order chi connectivity index (χ1) is 42.0. The van der Waals surface area contributed by atoms with Gasteiger partial charge < -0.3 is 65.9 Å². The highest BCUT2D eigenvalue weighted by Gasteiger charge is 2.29. The molecule has 0 saturated carbocycles. The van der Waals surface area contributed by atoms with Gasteiger partial charge in [-0.25, -0.2) is 9.37 Å². The molecular weight excluding hydrogens is 1150 g/mol. The number of rotatable bonds is 32. The van der Waals surface area contributed by atoms with Gasteiger partial charge in [0.1, 0.15) is 38.2 Å². The van der Waals surface area contributed by atoms with Crippen LogP contribution in [0.3, 0.4) is 0 Å². The summed E-state index contributed by atoms with van der Waals surface area (Å²) < 4.78 is 24.3. The quantitative estimate of drug-likeness (QED) is 0.00581. The van der Waals surface area contributed by atoms with E-state index < -0.39 is 95.6 Å². The number of nitrogens with zero attached hydrogens (tertiary/aromatic N) is 4. The summed E-state index contributed by atoms with van der Waals surface area (Å²) in [5, 5.41) is 42.0. The minimum Gasteiger partial charge on any atom is -0.493 e. The molecule has 0 spiro atoms. The molecule has 0 bridgehead atoms. The van der Waals surface area contributed by atoms with Gasteiger partial charge in [-0.1, -0.05) is 6.07 Å². The third-order valence-corrected chi connectivity index (χ3v) is 13.9. The van der Waals surface area contributed by atoms with Crippen LogP contribution in [0.15, 0.2) is 83.3 Å². The van der Waals surface area contributed by atoms with E-state index in [4.69, 9.17) is 18.6 Å². The molecule has 0 radical (unpaired) electrons. The van der Waals surface area contributed by atoms with Crippen molar-refractivity contribution in [2.45, 2.75) is 64.0 Å². The minimum absolute atomic E-state index is 0.00410. The number of methoxy groups -OCH3 is 2. The maximum absolute atomic E-state index is 13.8. The van der Waals surface area contributed by atoms with Gasteiger partial charge in [0.25, 0.3) is 23.4 Å². The highest BCUT2D eigenvalue weighted by atomic mass is 16.6. The summed E-state index contributed by atoms with van der Waals surface area (Å²) in [6.45, 7) is -0.296. The molecule has 1 aliphatic carbocycles. The highest BCUT2D eigenvalue weighted by Crippen LogP contribution is 2.42. The van der Waals surface area contributed by atoms with Crippen molar-refractivity contribution in [3.05, 3.63) is 111 Å². The molecule has 28 heteroatoms. The minimum atomic E-state index is -1.32. The maximum Gasteiger partial charge on any atom is 0.336 e. The van der Waals surface area contributed by atoms with Crippen LogP contribution in [0.4, 0.5) is 11.4 Å². The number of aromatic carboxylic acids is 1. The summed E-state index contributed by atoms with van der Waals surface area (Å²) in [5.74, 6) is -6.29. The number of imide groups is 1. The lowest BCUT2D eigenvalue weighted by Gasteiger charge is -2.20. The number of nitro benzene ring substituents is 1. The molecule has 0 saturated heterocycles.